The van der Waals surface area contributed by atoms with Crippen molar-refractivity contribution in [1.82, 2.24) is 0 Å². The third kappa shape index (κ3) is 5.45. The number of benzene rings is 9. The van der Waals surface area contributed by atoms with E-state index in [2.05, 4.69) is 205 Å². The Morgan fingerprint density at radius 1 is 0.367 bits per heavy atom. The fourth-order valence-electron chi connectivity index (χ4n) is 11.3. The van der Waals surface area contributed by atoms with Crippen LogP contribution >= 0.6 is 0 Å². The number of nitrogens with zero attached hydrogens (tertiary/aromatic N) is 1. The van der Waals surface area contributed by atoms with Gasteiger partial charge in [0, 0.05) is 22.1 Å². The molecule has 0 aromatic heterocycles. The SMILES string of the molecule is c1ccc(-c2ccc(N(c3cc(-c4ccccc4)cc4c3-c3ccc(-c5ccccc5)cc3C4(C3CCC3)C3CCC3)c3cc4ccccc4c4ccccc34)cc2)cc1. The van der Waals surface area contributed by atoms with Crippen molar-refractivity contribution in [2.75, 3.05) is 4.90 Å². The zero-order valence-corrected chi connectivity index (χ0v) is 33.9. The average molecular weight is 770 g/mol. The summed E-state index contributed by atoms with van der Waals surface area (Å²) in [5.74, 6) is 1.24. The van der Waals surface area contributed by atoms with Crippen molar-refractivity contribution < 1.29 is 0 Å². The van der Waals surface area contributed by atoms with Crippen LogP contribution in [-0.4, -0.2) is 0 Å². The maximum atomic E-state index is 2.64. The normalized spacial score (nSPS) is 15.6. The van der Waals surface area contributed by atoms with E-state index in [1.54, 1.807) is 11.1 Å². The molecule has 0 saturated heterocycles. The molecule has 0 spiro atoms. The van der Waals surface area contributed by atoms with Gasteiger partial charge in [0.25, 0.3) is 0 Å². The van der Waals surface area contributed by atoms with Gasteiger partial charge in [0.15, 0.2) is 0 Å². The lowest BCUT2D eigenvalue weighted by Crippen LogP contribution is -2.47. The molecule has 0 unspecified atom stereocenters. The summed E-state index contributed by atoms with van der Waals surface area (Å²) >= 11 is 0. The van der Waals surface area contributed by atoms with Gasteiger partial charge in [-0.3, -0.25) is 0 Å². The van der Waals surface area contributed by atoms with Crippen molar-refractivity contribution >= 4 is 38.6 Å². The van der Waals surface area contributed by atoms with E-state index < -0.39 is 0 Å². The van der Waals surface area contributed by atoms with E-state index in [4.69, 9.17) is 0 Å². The summed E-state index contributed by atoms with van der Waals surface area (Å²) in [6.45, 7) is 0. The van der Waals surface area contributed by atoms with Gasteiger partial charge in [0.05, 0.1) is 11.4 Å². The highest BCUT2D eigenvalue weighted by molar-refractivity contribution is 6.15. The molecule has 0 atom stereocenters. The molecule has 0 aliphatic heterocycles. The van der Waals surface area contributed by atoms with E-state index in [-0.39, 0.29) is 5.41 Å². The van der Waals surface area contributed by atoms with E-state index >= 15 is 0 Å². The maximum Gasteiger partial charge on any atom is 0.0549 e. The van der Waals surface area contributed by atoms with Gasteiger partial charge in [-0.15, -0.1) is 0 Å². The first-order valence-electron chi connectivity index (χ1n) is 22.1. The molecular formula is C59H47N. The summed E-state index contributed by atoms with van der Waals surface area (Å²) in [6, 6.07) is 75.4. The van der Waals surface area contributed by atoms with Crippen LogP contribution in [0.5, 0.6) is 0 Å². The Morgan fingerprint density at radius 3 is 1.48 bits per heavy atom. The van der Waals surface area contributed by atoms with Crippen LogP contribution in [0.25, 0.3) is 66.1 Å². The molecule has 9 aromatic rings. The molecule has 60 heavy (non-hydrogen) atoms. The number of hydrogen-bond acceptors (Lipinski definition) is 1. The van der Waals surface area contributed by atoms with Crippen LogP contribution in [0.15, 0.2) is 200 Å². The van der Waals surface area contributed by atoms with Crippen molar-refractivity contribution in [3.8, 4) is 44.5 Å². The van der Waals surface area contributed by atoms with Crippen molar-refractivity contribution in [2.24, 2.45) is 11.8 Å². The molecule has 1 nitrogen and oxygen atoms in total. The molecule has 0 radical (unpaired) electrons. The van der Waals surface area contributed by atoms with Gasteiger partial charge in [-0.25, -0.2) is 0 Å². The number of anilines is 3. The Bertz CT molecular complexity index is 3020. The minimum absolute atomic E-state index is 0.0419. The Balaban J connectivity index is 1.20. The van der Waals surface area contributed by atoms with Crippen LogP contribution in [0.1, 0.15) is 49.7 Å². The second-order valence-corrected chi connectivity index (χ2v) is 17.4. The van der Waals surface area contributed by atoms with E-state index in [0.29, 0.717) is 11.8 Å². The number of hydrogen-bond donors (Lipinski definition) is 0. The van der Waals surface area contributed by atoms with Crippen molar-refractivity contribution in [3.63, 3.8) is 0 Å². The Kier molecular flexibility index (Phi) is 8.37. The predicted molar refractivity (Wildman–Crippen MR) is 253 cm³/mol. The minimum atomic E-state index is -0.0419. The molecule has 288 valence electrons. The molecule has 3 aliphatic rings. The van der Waals surface area contributed by atoms with Crippen LogP contribution < -0.4 is 4.90 Å². The standard InChI is InChI=1S/C59H47N/c1-4-16-40(17-5-1)43-30-33-49(34-31-43)60(56-38-45-22-10-11-27-50(45)51-28-12-13-29-52(51)56)57-39-46(42-20-8-3-9-21-42)37-55-58(57)53-35-32-44(41-18-6-2-7-19-41)36-54(53)59(55,47-23-14-24-47)48-25-15-26-48/h1-13,16-22,27-39,47-48H,14-15,23-26H2. The fourth-order valence-corrected chi connectivity index (χ4v) is 11.3. The smallest absolute Gasteiger partial charge is 0.0549 e. The number of fused-ring (bicyclic) bond motifs is 6. The van der Waals surface area contributed by atoms with Crippen molar-refractivity contribution in [3.05, 3.63) is 211 Å². The molecule has 0 bridgehead atoms. The van der Waals surface area contributed by atoms with Gasteiger partial charge < -0.3 is 4.90 Å². The summed E-state index contributed by atoms with van der Waals surface area (Å²) in [4.78, 5) is 2.63. The minimum Gasteiger partial charge on any atom is -0.309 e. The van der Waals surface area contributed by atoms with Crippen LogP contribution in [-0.2, 0) is 5.41 Å². The zero-order valence-electron chi connectivity index (χ0n) is 33.9. The third-order valence-corrected chi connectivity index (χ3v) is 14.5. The van der Waals surface area contributed by atoms with Crippen LogP contribution in [0.4, 0.5) is 17.1 Å². The first-order chi connectivity index (χ1) is 29.8. The lowest BCUT2D eigenvalue weighted by atomic mass is 9.50. The molecule has 2 saturated carbocycles. The Morgan fingerprint density at radius 2 is 0.867 bits per heavy atom. The van der Waals surface area contributed by atoms with E-state index in [0.717, 1.165) is 5.69 Å². The fraction of sp³-hybridized carbons (Fsp3) is 0.153. The monoisotopic (exact) mass is 769 g/mol. The van der Waals surface area contributed by atoms with Gasteiger partial charge in [0.2, 0.25) is 0 Å². The van der Waals surface area contributed by atoms with Crippen LogP contribution in [0.2, 0.25) is 0 Å². The highest BCUT2D eigenvalue weighted by Gasteiger charge is 2.57. The lowest BCUT2D eigenvalue weighted by Gasteiger charge is -2.53. The Labute approximate surface area is 353 Å². The molecule has 1 heteroatoms. The van der Waals surface area contributed by atoms with Gasteiger partial charge in [-0.1, -0.05) is 177 Å². The molecule has 12 rings (SSSR count). The van der Waals surface area contributed by atoms with Crippen molar-refractivity contribution in [2.45, 2.75) is 43.9 Å². The summed E-state index contributed by atoms with van der Waals surface area (Å²) < 4.78 is 0. The zero-order chi connectivity index (χ0) is 39.6. The molecule has 0 amide bonds. The second-order valence-electron chi connectivity index (χ2n) is 17.4. The van der Waals surface area contributed by atoms with Crippen molar-refractivity contribution in [1.29, 1.82) is 0 Å². The summed E-state index contributed by atoms with van der Waals surface area (Å²) in [5, 5.41) is 5.06. The maximum absolute atomic E-state index is 2.64. The van der Waals surface area contributed by atoms with E-state index in [9.17, 15) is 0 Å². The number of rotatable bonds is 8. The summed E-state index contributed by atoms with van der Waals surface area (Å²) in [7, 11) is 0. The predicted octanol–water partition coefficient (Wildman–Crippen LogP) is 16.3. The quantitative estimate of drug-likeness (QED) is 0.139. The highest BCUT2D eigenvalue weighted by atomic mass is 15.1. The van der Waals surface area contributed by atoms with E-state index in [1.807, 2.05) is 0 Å². The first kappa shape index (κ1) is 35.3. The second kappa shape index (κ2) is 14.2. The average Bonchev–Trinajstić information content (AvgIpc) is 3.55. The lowest BCUT2D eigenvalue weighted by molar-refractivity contribution is 0.0873. The first-order valence-corrected chi connectivity index (χ1v) is 22.1. The molecule has 9 aromatic carbocycles. The molecular weight excluding hydrogens is 723 g/mol. The Hall–Kier alpha value is -6.70. The molecule has 2 fully saturated rings. The van der Waals surface area contributed by atoms with Gasteiger partial charge in [-0.05, 0) is 140 Å². The van der Waals surface area contributed by atoms with E-state index in [1.165, 1.54) is 116 Å². The summed E-state index contributed by atoms with van der Waals surface area (Å²) in [6.07, 6.45) is 7.78. The molecule has 0 N–H and O–H groups in total. The summed E-state index contributed by atoms with van der Waals surface area (Å²) in [5.41, 5.74) is 17.1. The van der Waals surface area contributed by atoms with Gasteiger partial charge in [0.1, 0.15) is 0 Å². The largest absolute Gasteiger partial charge is 0.309 e. The third-order valence-electron chi connectivity index (χ3n) is 14.5. The van der Waals surface area contributed by atoms with Crippen LogP contribution in [0.3, 0.4) is 0 Å². The molecule has 0 heterocycles. The van der Waals surface area contributed by atoms with Gasteiger partial charge in [-0.2, -0.15) is 0 Å². The van der Waals surface area contributed by atoms with Gasteiger partial charge >= 0.3 is 0 Å². The van der Waals surface area contributed by atoms with Crippen LogP contribution in [0, 0.1) is 11.8 Å². The topological polar surface area (TPSA) is 3.24 Å². The molecule has 3 aliphatic carbocycles. The highest BCUT2D eigenvalue weighted by Crippen LogP contribution is 2.67.